The minimum absolute atomic E-state index is 0.00662. The van der Waals surface area contributed by atoms with Crippen molar-refractivity contribution in [3.05, 3.63) is 47.5 Å². The Bertz CT molecular complexity index is 663. The summed E-state index contributed by atoms with van der Waals surface area (Å²) in [4.78, 5) is 16.4. The van der Waals surface area contributed by atoms with Gasteiger partial charge in [-0.3, -0.25) is 4.79 Å². The van der Waals surface area contributed by atoms with Gasteiger partial charge in [-0.2, -0.15) is 0 Å². The van der Waals surface area contributed by atoms with Gasteiger partial charge in [-0.05, 0) is 31.0 Å². The normalized spacial score (nSPS) is 14.4. The number of amides is 1. The van der Waals surface area contributed by atoms with Crippen LogP contribution in [0.15, 0.2) is 30.6 Å². The molecule has 0 bridgehead atoms. The lowest BCUT2D eigenvalue weighted by Crippen LogP contribution is -2.30. The smallest absolute Gasteiger partial charge is 0.243 e. The summed E-state index contributed by atoms with van der Waals surface area (Å²) in [5.41, 5.74) is 2.32. The number of carbonyl (C=O) groups excluding carboxylic acids is 1. The number of aromatic nitrogens is 2. The second kappa shape index (κ2) is 5.60. The highest BCUT2D eigenvalue weighted by atomic mass is 16.5. The second-order valence-electron chi connectivity index (χ2n) is 5.32. The van der Waals surface area contributed by atoms with Gasteiger partial charge in [0.2, 0.25) is 5.91 Å². The van der Waals surface area contributed by atoms with Gasteiger partial charge < -0.3 is 14.6 Å². The minimum Gasteiger partial charge on any atom is -0.493 e. The van der Waals surface area contributed by atoms with Gasteiger partial charge in [-0.15, -0.1) is 0 Å². The summed E-state index contributed by atoms with van der Waals surface area (Å²) in [6, 6.07) is 5.82. The Morgan fingerprint density at radius 3 is 3.14 bits per heavy atom. The van der Waals surface area contributed by atoms with Crippen molar-refractivity contribution in [2.24, 2.45) is 0 Å². The third kappa shape index (κ3) is 2.77. The molecule has 21 heavy (non-hydrogen) atoms. The summed E-state index contributed by atoms with van der Waals surface area (Å²) in [5.74, 6) is 1.80. The maximum atomic E-state index is 12.2. The fourth-order valence-corrected chi connectivity index (χ4v) is 2.61. The number of fused-ring (bicyclic) bond motifs is 1. The number of nitrogens with zero attached hydrogens (tertiary/aromatic N) is 2. The van der Waals surface area contributed by atoms with Gasteiger partial charge >= 0.3 is 0 Å². The van der Waals surface area contributed by atoms with Gasteiger partial charge in [0.05, 0.1) is 6.61 Å². The number of ether oxygens (including phenoxy) is 1. The summed E-state index contributed by atoms with van der Waals surface area (Å²) in [6.45, 7) is 5.05. The van der Waals surface area contributed by atoms with Crippen molar-refractivity contribution in [2.45, 2.75) is 32.9 Å². The summed E-state index contributed by atoms with van der Waals surface area (Å²) >= 11 is 0. The zero-order chi connectivity index (χ0) is 14.8. The molecule has 5 nitrogen and oxygen atoms in total. The first-order valence-corrected chi connectivity index (χ1v) is 7.17. The van der Waals surface area contributed by atoms with Gasteiger partial charge in [0, 0.05) is 25.4 Å². The van der Waals surface area contributed by atoms with Crippen molar-refractivity contribution in [3.8, 4) is 5.75 Å². The summed E-state index contributed by atoms with van der Waals surface area (Å²) < 4.78 is 7.35. The highest BCUT2D eigenvalue weighted by Gasteiger charge is 2.16. The van der Waals surface area contributed by atoms with Crippen molar-refractivity contribution in [1.29, 1.82) is 0 Å². The Morgan fingerprint density at radius 2 is 2.38 bits per heavy atom. The van der Waals surface area contributed by atoms with Gasteiger partial charge in [0.25, 0.3) is 0 Å². The summed E-state index contributed by atoms with van der Waals surface area (Å²) in [5, 5.41) is 2.98. The number of hydrogen-bond donors (Lipinski definition) is 1. The molecule has 0 radical (unpaired) electrons. The Hall–Kier alpha value is -2.30. The number of carbonyl (C=O) groups is 1. The lowest BCUT2D eigenvalue weighted by Gasteiger charge is -2.15. The number of benzene rings is 1. The standard InChI is InChI=1S/C16H19N3O2/c1-11(19-7-6-17-12(19)2)16(20)18-10-13-3-4-15-14(9-13)5-8-21-15/h3-4,6-7,9,11H,5,8,10H2,1-2H3,(H,18,20)/t11-/m0/s1. The predicted molar refractivity (Wildman–Crippen MR) is 79.2 cm³/mol. The van der Waals surface area contributed by atoms with E-state index in [0.717, 1.165) is 30.2 Å². The number of nitrogens with one attached hydrogen (secondary N) is 1. The zero-order valence-electron chi connectivity index (χ0n) is 12.3. The molecular formula is C16H19N3O2. The van der Waals surface area contributed by atoms with E-state index in [0.29, 0.717) is 6.54 Å². The molecule has 0 spiro atoms. The third-order valence-electron chi connectivity index (χ3n) is 3.88. The molecule has 0 saturated carbocycles. The van der Waals surface area contributed by atoms with Crippen LogP contribution < -0.4 is 10.1 Å². The van der Waals surface area contributed by atoms with E-state index < -0.39 is 0 Å². The molecule has 2 aromatic rings. The average molecular weight is 285 g/mol. The van der Waals surface area contributed by atoms with E-state index in [9.17, 15) is 4.79 Å². The van der Waals surface area contributed by atoms with Crippen molar-refractivity contribution in [3.63, 3.8) is 0 Å². The predicted octanol–water partition coefficient (Wildman–Crippen LogP) is 2.00. The van der Waals surface area contributed by atoms with Crippen LogP contribution in [0.3, 0.4) is 0 Å². The molecule has 0 unspecified atom stereocenters. The molecule has 1 N–H and O–H groups in total. The lowest BCUT2D eigenvalue weighted by molar-refractivity contribution is -0.124. The number of aryl methyl sites for hydroxylation is 1. The maximum absolute atomic E-state index is 12.2. The van der Waals surface area contributed by atoms with E-state index in [1.54, 1.807) is 6.20 Å². The molecule has 0 aliphatic carbocycles. The van der Waals surface area contributed by atoms with Gasteiger partial charge in [-0.25, -0.2) is 4.98 Å². The van der Waals surface area contributed by atoms with Crippen molar-refractivity contribution < 1.29 is 9.53 Å². The molecule has 5 heteroatoms. The lowest BCUT2D eigenvalue weighted by atomic mass is 10.1. The van der Waals surface area contributed by atoms with Crippen LogP contribution >= 0.6 is 0 Å². The largest absolute Gasteiger partial charge is 0.493 e. The molecule has 2 heterocycles. The van der Waals surface area contributed by atoms with Crippen LogP contribution in [-0.4, -0.2) is 22.1 Å². The molecule has 0 saturated heterocycles. The van der Waals surface area contributed by atoms with Crippen molar-refractivity contribution in [2.75, 3.05) is 6.61 Å². The minimum atomic E-state index is -0.259. The Labute approximate surface area is 124 Å². The average Bonchev–Trinajstić information content (AvgIpc) is 3.11. The number of rotatable bonds is 4. The number of hydrogen-bond acceptors (Lipinski definition) is 3. The van der Waals surface area contributed by atoms with Crippen molar-refractivity contribution in [1.82, 2.24) is 14.9 Å². The topological polar surface area (TPSA) is 56.2 Å². The molecule has 1 aromatic heterocycles. The Balaban J connectivity index is 1.62. The fraction of sp³-hybridized carbons (Fsp3) is 0.375. The first-order valence-electron chi connectivity index (χ1n) is 7.17. The van der Waals surface area contributed by atoms with E-state index in [4.69, 9.17) is 4.74 Å². The van der Waals surface area contributed by atoms with Crippen LogP contribution in [0.25, 0.3) is 0 Å². The molecular weight excluding hydrogens is 266 g/mol. The van der Waals surface area contributed by atoms with Crippen LogP contribution in [0.2, 0.25) is 0 Å². The van der Waals surface area contributed by atoms with Gasteiger partial charge in [0.1, 0.15) is 17.6 Å². The molecule has 1 amide bonds. The van der Waals surface area contributed by atoms with Crippen LogP contribution in [0.5, 0.6) is 5.75 Å². The first kappa shape index (κ1) is 13.7. The van der Waals surface area contributed by atoms with Crippen molar-refractivity contribution >= 4 is 5.91 Å². The van der Waals surface area contributed by atoms with Crippen LogP contribution in [0.4, 0.5) is 0 Å². The van der Waals surface area contributed by atoms with Gasteiger partial charge in [-0.1, -0.05) is 12.1 Å². The molecule has 1 atom stereocenters. The van der Waals surface area contributed by atoms with Crippen LogP contribution in [-0.2, 0) is 17.8 Å². The zero-order valence-corrected chi connectivity index (χ0v) is 12.3. The molecule has 3 rings (SSSR count). The summed E-state index contributed by atoms with van der Waals surface area (Å²) in [7, 11) is 0. The highest BCUT2D eigenvalue weighted by molar-refractivity contribution is 5.79. The summed E-state index contributed by atoms with van der Waals surface area (Å²) in [6.07, 6.45) is 4.48. The Morgan fingerprint density at radius 1 is 1.52 bits per heavy atom. The Kier molecular flexibility index (Phi) is 3.64. The molecule has 1 aliphatic heterocycles. The van der Waals surface area contributed by atoms with E-state index >= 15 is 0 Å². The maximum Gasteiger partial charge on any atom is 0.243 e. The molecule has 1 aromatic carbocycles. The van der Waals surface area contributed by atoms with E-state index in [1.165, 1.54) is 5.56 Å². The fourth-order valence-electron chi connectivity index (χ4n) is 2.61. The van der Waals surface area contributed by atoms with E-state index in [2.05, 4.69) is 16.4 Å². The SMILES string of the molecule is Cc1nccn1[C@@H](C)C(=O)NCc1ccc2c(c1)CCO2. The number of imidazole rings is 1. The highest BCUT2D eigenvalue weighted by Crippen LogP contribution is 2.25. The van der Waals surface area contributed by atoms with Gasteiger partial charge in [0.15, 0.2) is 0 Å². The van der Waals surface area contributed by atoms with Crippen LogP contribution in [0.1, 0.15) is 29.9 Å². The molecule has 0 fully saturated rings. The molecule has 110 valence electrons. The van der Waals surface area contributed by atoms with E-state index in [-0.39, 0.29) is 11.9 Å². The third-order valence-corrected chi connectivity index (χ3v) is 3.88. The first-order chi connectivity index (χ1) is 10.1. The van der Waals surface area contributed by atoms with E-state index in [1.807, 2.05) is 36.7 Å². The molecule has 1 aliphatic rings. The van der Waals surface area contributed by atoms with Crippen LogP contribution in [0, 0.1) is 6.92 Å². The second-order valence-corrected chi connectivity index (χ2v) is 5.32. The monoisotopic (exact) mass is 285 g/mol. The quantitative estimate of drug-likeness (QED) is 0.935.